The van der Waals surface area contributed by atoms with Crippen molar-refractivity contribution in [2.75, 3.05) is 13.2 Å². The Morgan fingerprint density at radius 1 is 1.06 bits per heavy atom. The van der Waals surface area contributed by atoms with Gasteiger partial charge in [0.1, 0.15) is 35.2 Å². The molecule has 1 aliphatic heterocycles. The first kappa shape index (κ1) is 25.6. The van der Waals surface area contributed by atoms with E-state index in [1.165, 1.54) is 0 Å². The average molecular weight is 491 g/mol. The van der Waals surface area contributed by atoms with Gasteiger partial charge in [-0.1, -0.05) is 30.3 Å². The van der Waals surface area contributed by atoms with E-state index in [2.05, 4.69) is 13.8 Å². The van der Waals surface area contributed by atoms with Crippen molar-refractivity contribution < 1.29 is 28.8 Å². The van der Waals surface area contributed by atoms with Crippen molar-refractivity contribution in [3.05, 3.63) is 82.4 Å². The van der Waals surface area contributed by atoms with Crippen molar-refractivity contribution in [1.82, 2.24) is 0 Å². The summed E-state index contributed by atoms with van der Waals surface area (Å²) in [4.78, 5) is 13.3. The molecule has 0 saturated heterocycles. The van der Waals surface area contributed by atoms with E-state index in [1.54, 1.807) is 18.2 Å². The lowest BCUT2D eigenvalue weighted by Gasteiger charge is -2.34. The zero-order valence-electron chi connectivity index (χ0n) is 21.4. The Bertz CT molecular complexity index is 1220. The van der Waals surface area contributed by atoms with Crippen molar-refractivity contribution in [3.63, 3.8) is 0 Å². The van der Waals surface area contributed by atoms with Gasteiger partial charge < -0.3 is 24.1 Å². The lowest BCUT2D eigenvalue weighted by molar-refractivity contribution is 0.0811. The molecule has 0 fully saturated rings. The second kappa shape index (κ2) is 11.0. The molecule has 0 saturated carbocycles. The molecule has 190 valence electrons. The highest BCUT2D eigenvalue weighted by molar-refractivity contribution is 6.00. The number of carbonyl (C=O) groups is 1. The van der Waals surface area contributed by atoms with E-state index in [4.69, 9.17) is 18.9 Å². The van der Waals surface area contributed by atoms with Crippen LogP contribution in [0.2, 0.25) is 0 Å². The van der Waals surface area contributed by atoms with Gasteiger partial charge in [0.2, 0.25) is 5.78 Å². The number of fused-ring (bicyclic) bond motifs is 1. The topological polar surface area (TPSA) is 74.2 Å². The van der Waals surface area contributed by atoms with Gasteiger partial charge in [0.15, 0.2) is 6.61 Å². The number of aryl methyl sites for hydroxylation is 1. The number of Topliss-reactive ketones (excluding diaryl/α,β-unsaturated/α-hetero) is 1. The van der Waals surface area contributed by atoms with Gasteiger partial charge in [-0.2, -0.15) is 0 Å². The first-order chi connectivity index (χ1) is 17.3. The maximum absolute atomic E-state index is 13.3. The van der Waals surface area contributed by atoms with E-state index in [-0.39, 0.29) is 24.6 Å². The molecule has 6 heteroatoms. The summed E-state index contributed by atoms with van der Waals surface area (Å²) < 4.78 is 24.0. The van der Waals surface area contributed by atoms with Gasteiger partial charge in [-0.3, -0.25) is 4.79 Å². The minimum atomic E-state index is -0.277. The van der Waals surface area contributed by atoms with Crippen LogP contribution in [0.4, 0.5) is 0 Å². The zero-order chi connectivity index (χ0) is 25.7. The fourth-order valence-corrected chi connectivity index (χ4v) is 4.38. The van der Waals surface area contributed by atoms with Crippen molar-refractivity contribution in [3.8, 4) is 23.0 Å². The minimum Gasteiger partial charge on any atom is -0.494 e. The first-order valence-corrected chi connectivity index (χ1v) is 12.4. The summed E-state index contributed by atoms with van der Waals surface area (Å²) >= 11 is 0. The number of ether oxygens (including phenoxy) is 4. The van der Waals surface area contributed by atoms with Gasteiger partial charge in [0.25, 0.3) is 0 Å². The smallest absolute Gasteiger partial charge is 0.203 e. The van der Waals surface area contributed by atoms with Crippen LogP contribution in [0.25, 0.3) is 0 Å². The fraction of sp³-hybridized carbons (Fsp3) is 0.367. The molecule has 1 heterocycles. The molecule has 0 bridgehead atoms. The highest BCUT2D eigenvalue weighted by atomic mass is 16.5. The Labute approximate surface area is 212 Å². The van der Waals surface area contributed by atoms with Gasteiger partial charge in [-0.25, -0.2) is 0 Å². The highest BCUT2D eigenvalue weighted by Gasteiger charge is 2.31. The van der Waals surface area contributed by atoms with E-state index in [1.807, 2.05) is 50.2 Å². The largest absolute Gasteiger partial charge is 0.494 e. The molecule has 0 aliphatic carbocycles. The van der Waals surface area contributed by atoms with E-state index in [0.717, 1.165) is 35.3 Å². The molecule has 1 aliphatic rings. The number of carbonyl (C=O) groups excluding carboxylic acids is 1. The Balaban J connectivity index is 1.58. The minimum absolute atomic E-state index is 0.180. The first-order valence-electron chi connectivity index (χ1n) is 12.4. The molecule has 0 aromatic heterocycles. The second-order valence-corrected chi connectivity index (χ2v) is 9.57. The van der Waals surface area contributed by atoms with Crippen LogP contribution in [0.5, 0.6) is 23.0 Å². The maximum atomic E-state index is 13.3. The lowest BCUT2D eigenvalue weighted by atomic mass is 9.91. The summed E-state index contributed by atoms with van der Waals surface area (Å²) in [6.07, 6.45) is 1.56. The van der Waals surface area contributed by atoms with Crippen LogP contribution in [-0.4, -0.2) is 29.7 Å². The van der Waals surface area contributed by atoms with Crippen LogP contribution in [-0.2, 0) is 19.6 Å². The van der Waals surface area contributed by atoms with Crippen LogP contribution >= 0.6 is 0 Å². The summed E-state index contributed by atoms with van der Waals surface area (Å²) in [5.41, 5.74) is 3.57. The third-order valence-corrected chi connectivity index (χ3v) is 6.34. The van der Waals surface area contributed by atoms with Gasteiger partial charge in [-0.05, 0) is 69.9 Å². The van der Waals surface area contributed by atoms with Crippen molar-refractivity contribution >= 4 is 5.78 Å². The van der Waals surface area contributed by atoms with Crippen LogP contribution in [0.15, 0.2) is 54.6 Å². The van der Waals surface area contributed by atoms with Crippen LogP contribution in [0.1, 0.15) is 59.8 Å². The van der Waals surface area contributed by atoms with Crippen molar-refractivity contribution in [2.24, 2.45) is 0 Å². The maximum Gasteiger partial charge on any atom is 0.203 e. The van der Waals surface area contributed by atoms with Gasteiger partial charge in [0.05, 0.1) is 18.8 Å². The van der Waals surface area contributed by atoms with Crippen LogP contribution in [0, 0.1) is 6.92 Å². The molecular formula is C30H34O6. The third kappa shape index (κ3) is 5.82. The molecule has 0 amide bonds. The molecule has 4 rings (SSSR count). The van der Waals surface area contributed by atoms with Crippen LogP contribution in [0.3, 0.4) is 0 Å². The number of hydrogen-bond acceptors (Lipinski definition) is 6. The molecule has 3 aromatic rings. The monoisotopic (exact) mass is 490 g/mol. The summed E-state index contributed by atoms with van der Waals surface area (Å²) in [6, 6.07) is 16.9. The van der Waals surface area contributed by atoms with E-state index < -0.39 is 0 Å². The second-order valence-electron chi connectivity index (χ2n) is 9.57. The number of hydrogen-bond donors (Lipinski definition) is 1. The Kier molecular flexibility index (Phi) is 7.85. The Morgan fingerprint density at radius 2 is 1.83 bits per heavy atom. The average Bonchev–Trinajstić information content (AvgIpc) is 2.86. The normalized spacial score (nSPS) is 13.9. The lowest BCUT2D eigenvalue weighted by Crippen LogP contribution is -2.33. The van der Waals surface area contributed by atoms with Gasteiger partial charge >= 0.3 is 0 Å². The molecular weight excluding hydrogens is 456 g/mol. The molecule has 0 unspecified atom stereocenters. The van der Waals surface area contributed by atoms with Crippen molar-refractivity contribution in [1.29, 1.82) is 0 Å². The molecule has 6 nitrogen and oxygen atoms in total. The number of aliphatic hydroxyl groups is 1. The van der Waals surface area contributed by atoms with Crippen LogP contribution < -0.4 is 18.9 Å². The zero-order valence-corrected chi connectivity index (χ0v) is 21.4. The SMILES string of the molecule is CCOc1ccc(C(=O)COc2c(CO)c(C)cc3c2CCC(C)(C)O3)c(OCc2ccccc2)c1. The predicted molar refractivity (Wildman–Crippen MR) is 138 cm³/mol. The molecule has 0 atom stereocenters. The number of aliphatic hydroxyl groups excluding tert-OH is 1. The van der Waals surface area contributed by atoms with Crippen molar-refractivity contribution in [2.45, 2.75) is 59.4 Å². The number of ketones is 1. The Hall–Kier alpha value is -3.51. The third-order valence-electron chi connectivity index (χ3n) is 6.34. The molecule has 0 radical (unpaired) electrons. The molecule has 36 heavy (non-hydrogen) atoms. The molecule has 3 aromatic carbocycles. The number of rotatable bonds is 10. The van der Waals surface area contributed by atoms with E-state index in [9.17, 15) is 9.90 Å². The standard InChI is InChI=1S/C30H34O6/c1-5-33-22-11-12-23(27(16-22)34-18-21-9-7-6-8-10-21)26(32)19-35-29-24-13-14-30(3,4)36-28(24)15-20(2)25(29)17-31/h6-12,15-16,31H,5,13-14,17-19H2,1-4H3. The highest BCUT2D eigenvalue weighted by Crippen LogP contribution is 2.42. The number of benzene rings is 3. The van der Waals surface area contributed by atoms with Gasteiger partial charge in [0, 0.05) is 17.2 Å². The van der Waals surface area contributed by atoms with E-state index in [0.29, 0.717) is 41.6 Å². The summed E-state index contributed by atoms with van der Waals surface area (Å²) in [7, 11) is 0. The quantitative estimate of drug-likeness (QED) is 0.361. The molecule has 0 spiro atoms. The van der Waals surface area contributed by atoms with Gasteiger partial charge in [-0.15, -0.1) is 0 Å². The Morgan fingerprint density at radius 3 is 2.56 bits per heavy atom. The van der Waals surface area contributed by atoms with E-state index >= 15 is 0 Å². The summed E-state index contributed by atoms with van der Waals surface area (Å²) in [6.45, 7) is 8.39. The summed E-state index contributed by atoms with van der Waals surface area (Å²) in [5.74, 6) is 2.13. The summed E-state index contributed by atoms with van der Waals surface area (Å²) in [5, 5.41) is 10.0. The fourth-order valence-electron chi connectivity index (χ4n) is 4.38. The predicted octanol–water partition coefficient (Wildman–Crippen LogP) is 5.83. The molecule has 1 N–H and O–H groups in total.